The molecule has 5 rings (SSSR count). The Kier molecular flexibility index (Phi) is 3.56. The molecule has 0 saturated heterocycles. The van der Waals surface area contributed by atoms with Crippen molar-refractivity contribution in [1.29, 1.82) is 0 Å². The Balaban J connectivity index is 1.72. The van der Waals surface area contributed by atoms with Crippen LogP contribution in [0.25, 0.3) is 16.6 Å². The molecular formula is C20H18FN5O. The number of hydrogen-bond acceptors (Lipinski definition) is 4. The zero-order valence-electron chi connectivity index (χ0n) is 14.9. The van der Waals surface area contributed by atoms with Gasteiger partial charge in [-0.05, 0) is 30.9 Å². The number of benzene rings is 1. The van der Waals surface area contributed by atoms with Gasteiger partial charge in [0.2, 0.25) is 5.56 Å². The first-order valence-corrected chi connectivity index (χ1v) is 9.11. The van der Waals surface area contributed by atoms with Gasteiger partial charge >= 0.3 is 0 Å². The molecule has 3 heterocycles. The maximum atomic E-state index is 14.6. The molecule has 6 nitrogen and oxygen atoms in total. The first kappa shape index (κ1) is 16.1. The fourth-order valence-corrected chi connectivity index (χ4v) is 3.83. The van der Waals surface area contributed by atoms with Gasteiger partial charge in [-0.3, -0.25) is 4.79 Å². The first-order chi connectivity index (χ1) is 13.1. The summed E-state index contributed by atoms with van der Waals surface area (Å²) in [6.45, 7) is 1.69. The second-order valence-corrected chi connectivity index (χ2v) is 7.20. The Morgan fingerprint density at radius 1 is 1.30 bits per heavy atom. The predicted octanol–water partition coefficient (Wildman–Crippen LogP) is 3.27. The summed E-state index contributed by atoms with van der Waals surface area (Å²) >= 11 is 0. The Hall–Kier alpha value is -3.09. The standard InChI is InChI=1S/C20H18FN5O/c1-11-5-6-14-13(10-16(27)24-19(14)17(11)21)9-15-18(12-3-2-4-12)25-26-20(15)22-7-8-23-26/h5-8,10,12H,2-4,9H2,1H3,(H,24,27). The van der Waals surface area contributed by atoms with Crippen LogP contribution in [0.2, 0.25) is 0 Å². The quantitative estimate of drug-likeness (QED) is 0.606. The molecule has 0 aliphatic heterocycles. The molecule has 0 unspecified atom stereocenters. The summed E-state index contributed by atoms with van der Waals surface area (Å²) in [5, 5.41) is 9.62. The van der Waals surface area contributed by atoms with Crippen LogP contribution in [0.1, 0.15) is 47.6 Å². The van der Waals surface area contributed by atoms with Gasteiger partial charge in [-0.15, -0.1) is 4.63 Å². The van der Waals surface area contributed by atoms with Crippen LogP contribution in [0, 0.1) is 12.7 Å². The normalized spacial score (nSPS) is 14.7. The molecule has 27 heavy (non-hydrogen) atoms. The van der Waals surface area contributed by atoms with Crippen LogP contribution in [-0.4, -0.2) is 24.8 Å². The molecule has 1 N–H and O–H groups in total. The van der Waals surface area contributed by atoms with Crippen LogP contribution in [0.15, 0.2) is 35.4 Å². The van der Waals surface area contributed by atoms with Crippen molar-refractivity contribution in [2.45, 2.75) is 38.5 Å². The van der Waals surface area contributed by atoms with Gasteiger partial charge in [0.05, 0.1) is 17.4 Å². The van der Waals surface area contributed by atoms with Crippen LogP contribution in [0.3, 0.4) is 0 Å². The fraction of sp³-hybridized carbons (Fsp3) is 0.300. The summed E-state index contributed by atoms with van der Waals surface area (Å²) in [5.74, 6) is 0.0149. The van der Waals surface area contributed by atoms with Crippen molar-refractivity contribution >= 4 is 16.6 Å². The minimum atomic E-state index is -0.384. The van der Waals surface area contributed by atoms with Gasteiger partial charge in [-0.2, -0.15) is 10.2 Å². The summed E-state index contributed by atoms with van der Waals surface area (Å²) < 4.78 is 16.1. The zero-order chi connectivity index (χ0) is 18.5. The number of aryl methyl sites for hydroxylation is 1. The molecule has 4 aromatic rings. The molecule has 7 heteroatoms. The van der Waals surface area contributed by atoms with Crippen LogP contribution in [-0.2, 0) is 6.42 Å². The van der Waals surface area contributed by atoms with Crippen molar-refractivity contribution in [3.63, 3.8) is 0 Å². The molecule has 1 aliphatic carbocycles. The van der Waals surface area contributed by atoms with E-state index in [0.717, 1.165) is 29.7 Å². The highest BCUT2D eigenvalue weighted by atomic mass is 19.1. The summed E-state index contributed by atoms with van der Waals surface area (Å²) in [7, 11) is 0. The van der Waals surface area contributed by atoms with Gasteiger partial charge < -0.3 is 4.98 Å². The number of nitrogens with one attached hydrogen (secondary N) is 1. The molecule has 0 atom stereocenters. The van der Waals surface area contributed by atoms with E-state index in [1.165, 1.54) is 6.42 Å². The fourth-order valence-electron chi connectivity index (χ4n) is 3.83. The van der Waals surface area contributed by atoms with Crippen molar-refractivity contribution in [1.82, 2.24) is 24.8 Å². The SMILES string of the molecule is Cc1ccc2c(Cc3c(C4CCC4)nn4nccnc34)cc(=O)[nH]c2c1F. The number of hydrogen-bond donors (Lipinski definition) is 1. The van der Waals surface area contributed by atoms with E-state index >= 15 is 0 Å². The van der Waals surface area contributed by atoms with Crippen molar-refractivity contribution < 1.29 is 4.39 Å². The minimum Gasteiger partial charge on any atom is -0.319 e. The molecule has 1 aromatic carbocycles. The largest absolute Gasteiger partial charge is 0.319 e. The van der Waals surface area contributed by atoms with Gasteiger partial charge in [0.25, 0.3) is 0 Å². The van der Waals surface area contributed by atoms with Crippen molar-refractivity contribution in [3.05, 3.63) is 69.1 Å². The third-order valence-electron chi connectivity index (χ3n) is 5.50. The van der Waals surface area contributed by atoms with E-state index in [0.29, 0.717) is 28.9 Å². The molecule has 0 bridgehead atoms. The number of halogens is 1. The Labute approximate surface area is 154 Å². The molecule has 0 amide bonds. The highest BCUT2D eigenvalue weighted by Crippen LogP contribution is 2.39. The summed E-state index contributed by atoms with van der Waals surface area (Å²) in [6, 6.07) is 5.14. The Morgan fingerprint density at radius 3 is 2.93 bits per heavy atom. The maximum Gasteiger partial charge on any atom is 0.248 e. The first-order valence-electron chi connectivity index (χ1n) is 9.11. The van der Waals surface area contributed by atoms with E-state index < -0.39 is 0 Å². The summed E-state index contributed by atoms with van der Waals surface area (Å²) in [4.78, 5) is 19.3. The highest BCUT2D eigenvalue weighted by Gasteiger charge is 2.28. The molecule has 0 spiro atoms. The second-order valence-electron chi connectivity index (χ2n) is 7.20. The monoisotopic (exact) mass is 363 g/mol. The van der Waals surface area contributed by atoms with E-state index in [-0.39, 0.29) is 16.9 Å². The summed E-state index contributed by atoms with van der Waals surface area (Å²) in [5.41, 5.74) is 3.88. The number of H-pyrrole nitrogens is 1. The van der Waals surface area contributed by atoms with Crippen LogP contribution in [0.5, 0.6) is 0 Å². The van der Waals surface area contributed by atoms with Crippen LogP contribution < -0.4 is 5.56 Å². The van der Waals surface area contributed by atoms with E-state index in [9.17, 15) is 9.18 Å². The third kappa shape index (κ3) is 2.53. The molecular weight excluding hydrogens is 345 g/mol. The van der Waals surface area contributed by atoms with E-state index in [2.05, 4.69) is 20.2 Å². The third-order valence-corrected chi connectivity index (χ3v) is 5.50. The number of pyridine rings is 1. The van der Waals surface area contributed by atoms with E-state index in [4.69, 9.17) is 0 Å². The lowest BCUT2D eigenvalue weighted by Crippen LogP contribution is -2.13. The lowest BCUT2D eigenvalue weighted by atomic mass is 9.80. The lowest BCUT2D eigenvalue weighted by Gasteiger charge is -2.24. The Bertz CT molecular complexity index is 1240. The molecule has 136 valence electrons. The van der Waals surface area contributed by atoms with Crippen molar-refractivity contribution in [2.75, 3.05) is 0 Å². The van der Waals surface area contributed by atoms with Crippen LogP contribution >= 0.6 is 0 Å². The van der Waals surface area contributed by atoms with Crippen molar-refractivity contribution in [3.8, 4) is 0 Å². The van der Waals surface area contributed by atoms with Gasteiger partial charge in [0, 0.05) is 35.6 Å². The lowest BCUT2D eigenvalue weighted by molar-refractivity contribution is 0.406. The number of fused-ring (bicyclic) bond motifs is 2. The van der Waals surface area contributed by atoms with Gasteiger partial charge in [-0.1, -0.05) is 18.6 Å². The van der Waals surface area contributed by atoms with Gasteiger partial charge in [0.1, 0.15) is 5.82 Å². The molecule has 1 fully saturated rings. The number of aromatic amines is 1. The molecule has 0 radical (unpaired) electrons. The molecule has 3 aromatic heterocycles. The second kappa shape index (κ2) is 5.97. The smallest absolute Gasteiger partial charge is 0.248 e. The topological polar surface area (TPSA) is 75.9 Å². The van der Waals surface area contributed by atoms with Gasteiger partial charge in [0.15, 0.2) is 5.65 Å². The average molecular weight is 363 g/mol. The molecule has 1 saturated carbocycles. The summed E-state index contributed by atoms with van der Waals surface area (Å²) in [6.07, 6.45) is 7.11. The Morgan fingerprint density at radius 2 is 2.15 bits per heavy atom. The predicted molar refractivity (Wildman–Crippen MR) is 99.4 cm³/mol. The van der Waals surface area contributed by atoms with Crippen molar-refractivity contribution in [2.24, 2.45) is 0 Å². The maximum absolute atomic E-state index is 14.6. The van der Waals surface area contributed by atoms with Gasteiger partial charge in [-0.25, -0.2) is 9.37 Å². The van der Waals surface area contributed by atoms with Crippen LogP contribution in [0.4, 0.5) is 4.39 Å². The zero-order valence-corrected chi connectivity index (χ0v) is 14.9. The van der Waals surface area contributed by atoms with E-state index in [1.807, 2.05) is 6.07 Å². The van der Waals surface area contributed by atoms with E-state index in [1.54, 1.807) is 36.1 Å². The number of nitrogens with zero attached hydrogens (tertiary/aromatic N) is 4. The average Bonchev–Trinajstić information content (AvgIpc) is 2.95. The minimum absolute atomic E-state index is 0.255. The number of rotatable bonds is 3. The molecule has 1 aliphatic rings. The number of aromatic nitrogens is 5. The highest BCUT2D eigenvalue weighted by molar-refractivity contribution is 5.83.